The second-order valence-electron chi connectivity index (χ2n) is 4.53. The minimum Gasteiger partial charge on any atom is -0.380 e. The molecule has 0 radical (unpaired) electrons. The average Bonchev–Trinajstić information content (AvgIpc) is 2.24. The van der Waals surface area contributed by atoms with Crippen molar-refractivity contribution in [3.63, 3.8) is 0 Å². The number of ether oxygens (including phenoxy) is 1. The van der Waals surface area contributed by atoms with Crippen LogP contribution in [0.4, 0.5) is 0 Å². The van der Waals surface area contributed by atoms with E-state index in [9.17, 15) is 0 Å². The Morgan fingerprint density at radius 2 is 2.00 bits per heavy atom. The van der Waals surface area contributed by atoms with Crippen LogP contribution in [-0.2, 0) is 17.8 Å². The van der Waals surface area contributed by atoms with Crippen LogP contribution in [0.15, 0.2) is 24.3 Å². The summed E-state index contributed by atoms with van der Waals surface area (Å²) >= 11 is 0. The molecule has 1 aromatic carbocycles. The zero-order valence-electron chi connectivity index (χ0n) is 10.0. The molecule has 0 amide bonds. The predicted molar refractivity (Wildman–Crippen MR) is 66.5 cm³/mol. The quantitative estimate of drug-likeness (QED) is 0.794. The van der Waals surface area contributed by atoms with Gasteiger partial charge in [-0.25, -0.2) is 0 Å². The van der Waals surface area contributed by atoms with Crippen LogP contribution >= 0.6 is 0 Å². The highest BCUT2D eigenvalue weighted by molar-refractivity contribution is 5.26. The van der Waals surface area contributed by atoms with E-state index in [4.69, 9.17) is 4.74 Å². The van der Waals surface area contributed by atoms with E-state index in [0.29, 0.717) is 0 Å². The Bertz CT molecular complexity index is 320. The van der Waals surface area contributed by atoms with Crippen molar-refractivity contribution in [1.29, 1.82) is 0 Å². The first-order valence-corrected chi connectivity index (χ1v) is 6.19. The maximum atomic E-state index is 5.21. The van der Waals surface area contributed by atoms with Gasteiger partial charge in [0.05, 0.1) is 6.61 Å². The van der Waals surface area contributed by atoms with E-state index >= 15 is 0 Å². The molecule has 0 aromatic heterocycles. The number of rotatable bonds is 6. The number of hydrogen-bond acceptors (Lipinski definition) is 2. The zero-order chi connectivity index (χ0) is 11.2. The molecule has 1 fully saturated rings. The van der Waals surface area contributed by atoms with E-state index < -0.39 is 0 Å². The Morgan fingerprint density at radius 1 is 1.25 bits per heavy atom. The summed E-state index contributed by atoms with van der Waals surface area (Å²) in [6.07, 6.45) is 5.23. The maximum absolute atomic E-state index is 5.21. The van der Waals surface area contributed by atoms with Crippen molar-refractivity contribution in [3.05, 3.63) is 35.4 Å². The molecule has 0 aliphatic heterocycles. The zero-order valence-corrected chi connectivity index (χ0v) is 10.0. The molecular weight excluding hydrogens is 198 g/mol. The smallest absolute Gasteiger partial charge is 0.0715 e. The summed E-state index contributed by atoms with van der Waals surface area (Å²) in [7, 11) is 1.75. The van der Waals surface area contributed by atoms with Crippen molar-refractivity contribution in [3.8, 4) is 0 Å². The number of nitrogens with one attached hydrogen (secondary N) is 1. The van der Waals surface area contributed by atoms with Gasteiger partial charge in [0.15, 0.2) is 0 Å². The van der Waals surface area contributed by atoms with Crippen LogP contribution in [-0.4, -0.2) is 19.7 Å². The highest BCUT2D eigenvalue weighted by Gasteiger charge is 2.15. The molecule has 1 aliphatic carbocycles. The van der Waals surface area contributed by atoms with Gasteiger partial charge in [-0.1, -0.05) is 30.7 Å². The lowest BCUT2D eigenvalue weighted by Crippen LogP contribution is -2.36. The van der Waals surface area contributed by atoms with Crippen LogP contribution in [0.5, 0.6) is 0 Å². The van der Waals surface area contributed by atoms with Gasteiger partial charge < -0.3 is 10.1 Å². The van der Waals surface area contributed by atoms with Crippen LogP contribution < -0.4 is 5.32 Å². The van der Waals surface area contributed by atoms with E-state index in [1.807, 2.05) is 0 Å². The average molecular weight is 219 g/mol. The fourth-order valence-corrected chi connectivity index (χ4v) is 2.12. The van der Waals surface area contributed by atoms with Crippen molar-refractivity contribution in [2.75, 3.05) is 13.7 Å². The summed E-state index contributed by atoms with van der Waals surface area (Å²) in [5, 5.41) is 3.60. The predicted octanol–water partition coefficient (Wildman–Crippen LogP) is 2.52. The lowest BCUT2D eigenvalue weighted by molar-refractivity contribution is 0.184. The topological polar surface area (TPSA) is 21.3 Å². The minimum atomic E-state index is 0.722. The highest BCUT2D eigenvalue weighted by atomic mass is 16.5. The first-order valence-electron chi connectivity index (χ1n) is 6.19. The molecule has 0 saturated heterocycles. The van der Waals surface area contributed by atoms with Gasteiger partial charge in [0.1, 0.15) is 0 Å². The third-order valence-electron chi connectivity index (χ3n) is 3.35. The van der Waals surface area contributed by atoms with Crippen LogP contribution in [0.1, 0.15) is 30.4 Å². The third-order valence-corrected chi connectivity index (χ3v) is 3.35. The molecule has 2 nitrogen and oxygen atoms in total. The highest BCUT2D eigenvalue weighted by Crippen LogP contribution is 2.18. The maximum Gasteiger partial charge on any atom is 0.0715 e. The fraction of sp³-hybridized carbons (Fsp3) is 0.571. The Labute approximate surface area is 98.0 Å². The molecule has 0 unspecified atom stereocenters. The molecule has 0 atom stereocenters. The molecule has 1 aromatic rings. The van der Waals surface area contributed by atoms with Crippen molar-refractivity contribution in [2.24, 2.45) is 0 Å². The number of benzene rings is 1. The summed E-state index contributed by atoms with van der Waals surface area (Å²) in [6.45, 7) is 1.81. The van der Waals surface area contributed by atoms with Crippen LogP contribution in [0.25, 0.3) is 0 Å². The van der Waals surface area contributed by atoms with E-state index in [1.165, 1.54) is 30.4 Å². The second kappa shape index (κ2) is 6.02. The summed E-state index contributed by atoms with van der Waals surface area (Å²) in [4.78, 5) is 0. The standard InChI is InChI=1S/C14H21NO/c1-16-11-13-6-3-2-5-12(13)9-10-15-14-7-4-8-14/h2-3,5-6,14-15H,4,7-11H2,1H3. The van der Waals surface area contributed by atoms with E-state index in [2.05, 4.69) is 29.6 Å². The fourth-order valence-electron chi connectivity index (χ4n) is 2.12. The van der Waals surface area contributed by atoms with Crippen LogP contribution in [0.3, 0.4) is 0 Å². The van der Waals surface area contributed by atoms with E-state index in [0.717, 1.165) is 25.6 Å². The third kappa shape index (κ3) is 3.06. The Morgan fingerprint density at radius 3 is 2.62 bits per heavy atom. The largest absolute Gasteiger partial charge is 0.380 e. The number of methoxy groups -OCH3 is 1. The Balaban J connectivity index is 1.82. The molecule has 1 N–H and O–H groups in total. The van der Waals surface area contributed by atoms with Gasteiger partial charge in [0, 0.05) is 13.2 Å². The normalized spacial score (nSPS) is 16.1. The Hall–Kier alpha value is -0.860. The van der Waals surface area contributed by atoms with Gasteiger partial charge in [-0.3, -0.25) is 0 Å². The molecule has 0 heterocycles. The molecule has 1 saturated carbocycles. The van der Waals surface area contributed by atoms with Gasteiger partial charge in [0.2, 0.25) is 0 Å². The molecule has 0 spiro atoms. The van der Waals surface area contributed by atoms with Gasteiger partial charge >= 0.3 is 0 Å². The van der Waals surface area contributed by atoms with Gasteiger partial charge in [-0.05, 0) is 36.9 Å². The molecule has 2 rings (SSSR count). The van der Waals surface area contributed by atoms with Crippen molar-refractivity contribution in [1.82, 2.24) is 5.32 Å². The van der Waals surface area contributed by atoms with Crippen molar-refractivity contribution >= 4 is 0 Å². The van der Waals surface area contributed by atoms with Gasteiger partial charge in [-0.2, -0.15) is 0 Å². The monoisotopic (exact) mass is 219 g/mol. The first-order chi connectivity index (χ1) is 7.90. The summed E-state index contributed by atoms with van der Waals surface area (Å²) < 4.78 is 5.21. The van der Waals surface area contributed by atoms with E-state index in [1.54, 1.807) is 7.11 Å². The lowest BCUT2D eigenvalue weighted by atomic mass is 9.93. The molecule has 0 bridgehead atoms. The summed E-state index contributed by atoms with van der Waals surface area (Å²) in [6, 6.07) is 9.34. The SMILES string of the molecule is COCc1ccccc1CCNC1CCC1. The lowest BCUT2D eigenvalue weighted by Gasteiger charge is -2.26. The van der Waals surface area contributed by atoms with E-state index in [-0.39, 0.29) is 0 Å². The summed E-state index contributed by atoms with van der Waals surface area (Å²) in [5.41, 5.74) is 2.73. The van der Waals surface area contributed by atoms with Crippen molar-refractivity contribution in [2.45, 2.75) is 38.3 Å². The van der Waals surface area contributed by atoms with Crippen molar-refractivity contribution < 1.29 is 4.74 Å². The minimum absolute atomic E-state index is 0.722. The molecule has 16 heavy (non-hydrogen) atoms. The first kappa shape index (κ1) is 11.6. The molecule has 88 valence electrons. The van der Waals surface area contributed by atoms with Gasteiger partial charge in [0.25, 0.3) is 0 Å². The summed E-state index contributed by atoms with van der Waals surface area (Å²) in [5.74, 6) is 0. The molecular formula is C14H21NO. The van der Waals surface area contributed by atoms with Crippen LogP contribution in [0.2, 0.25) is 0 Å². The molecule has 1 aliphatic rings. The van der Waals surface area contributed by atoms with Gasteiger partial charge in [-0.15, -0.1) is 0 Å². The second-order valence-corrected chi connectivity index (χ2v) is 4.53. The Kier molecular flexibility index (Phi) is 4.37. The van der Waals surface area contributed by atoms with Crippen LogP contribution in [0, 0.1) is 0 Å². The number of hydrogen-bond donors (Lipinski definition) is 1. The molecule has 2 heteroatoms.